The first-order chi connectivity index (χ1) is 13.6. The molecule has 0 atom stereocenters. The van der Waals surface area contributed by atoms with Gasteiger partial charge in [0.25, 0.3) is 17.4 Å². The highest BCUT2D eigenvalue weighted by atomic mass is 16.5. The molecule has 0 aliphatic carbocycles. The molecule has 1 aliphatic rings. The van der Waals surface area contributed by atoms with E-state index in [4.69, 9.17) is 4.74 Å². The van der Waals surface area contributed by atoms with Gasteiger partial charge in [-0.05, 0) is 18.2 Å². The Hall–Kier alpha value is -3.81. The summed E-state index contributed by atoms with van der Waals surface area (Å²) in [4.78, 5) is 49.5. The van der Waals surface area contributed by atoms with Crippen LogP contribution in [-0.4, -0.2) is 46.0 Å². The zero-order chi connectivity index (χ0) is 19.7. The number of nitrogens with one attached hydrogen (secondary N) is 1. The van der Waals surface area contributed by atoms with Crippen LogP contribution < -0.4 is 5.56 Å². The van der Waals surface area contributed by atoms with E-state index in [9.17, 15) is 19.2 Å². The van der Waals surface area contributed by atoms with Crippen molar-refractivity contribution in [1.82, 2.24) is 15.1 Å². The number of carbonyl (C=O) groups is 3. The topological polar surface area (TPSA) is 109 Å². The van der Waals surface area contributed by atoms with E-state index in [-0.39, 0.29) is 25.1 Å². The molecule has 8 heteroatoms. The highest BCUT2D eigenvalue weighted by molar-refractivity contribution is 6.21. The molecular formula is C20H15N3O5. The van der Waals surface area contributed by atoms with Crippen molar-refractivity contribution in [2.75, 3.05) is 13.2 Å². The number of H-pyrrole nitrogens is 1. The average molecular weight is 377 g/mol. The highest BCUT2D eigenvalue weighted by Gasteiger charge is 2.34. The Labute approximate surface area is 158 Å². The third kappa shape index (κ3) is 3.05. The van der Waals surface area contributed by atoms with Crippen LogP contribution in [0.3, 0.4) is 0 Å². The molecule has 0 radical (unpaired) electrons. The van der Waals surface area contributed by atoms with Gasteiger partial charge in [-0.25, -0.2) is 5.10 Å². The van der Waals surface area contributed by atoms with Gasteiger partial charge in [0.05, 0.1) is 35.2 Å². The van der Waals surface area contributed by atoms with E-state index in [1.807, 2.05) is 0 Å². The van der Waals surface area contributed by atoms with Gasteiger partial charge in [0.15, 0.2) is 0 Å². The first-order valence-electron chi connectivity index (χ1n) is 8.63. The van der Waals surface area contributed by atoms with Crippen molar-refractivity contribution in [3.8, 4) is 0 Å². The van der Waals surface area contributed by atoms with Crippen LogP contribution in [0.5, 0.6) is 0 Å². The molecule has 0 spiro atoms. The fourth-order valence-electron chi connectivity index (χ4n) is 3.19. The first kappa shape index (κ1) is 17.6. The van der Waals surface area contributed by atoms with E-state index < -0.39 is 17.8 Å². The summed E-state index contributed by atoms with van der Waals surface area (Å²) >= 11 is 0. The van der Waals surface area contributed by atoms with E-state index in [2.05, 4.69) is 10.2 Å². The molecule has 0 saturated heterocycles. The Morgan fingerprint density at radius 3 is 2.21 bits per heavy atom. The van der Waals surface area contributed by atoms with Crippen molar-refractivity contribution in [2.24, 2.45) is 0 Å². The molecule has 2 heterocycles. The van der Waals surface area contributed by atoms with Gasteiger partial charge in [0.2, 0.25) is 0 Å². The maximum Gasteiger partial charge on any atom is 0.312 e. The van der Waals surface area contributed by atoms with Crippen molar-refractivity contribution in [2.45, 2.75) is 6.42 Å². The van der Waals surface area contributed by atoms with Gasteiger partial charge >= 0.3 is 5.97 Å². The number of ether oxygens (including phenoxy) is 1. The molecule has 8 nitrogen and oxygen atoms in total. The summed E-state index contributed by atoms with van der Waals surface area (Å²) in [5.74, 6) is -1.36. The second-order valence-electron chi connectivity index (χ2n) is 6.25. The maximum absolute atomic E-state index is 12.3. The second kappa shape index (κ2) is 7.07. The molecule has 0 unspecified atom stereocenters. The molecule has 140 valence electrons. The number of rotatable bonds is 5. The maximum atomic E-state index is 12.3. The van der Waals surface area contributed by atoms with Crippen LogP contribution in [0, 0.1) is 0 Å². The average Bonchev–Trinajstić information content (AvgIpc) is 2.95. The quantitative estimate of drug-likeness (QED) is 0.530. The second-order valence-corrected chi connectivity index (χ2v) is 6.25. The number of aromatic amines is 1. The minimum atomic E-state index is -0.568. The minimum absolute atomic E-state index is 0.0299. The molecule has 1 aliphatic heterocycles. The molecule has 4 rings (SSSR count). The molecule has 0 fully saturated rings. The van der Waals surface area contributed by atoms with Crippen LogP contribution in [0.4, 0.5) is 0 Å². The summed E-state index contributed by atoms with van der Waals surface area (Å²) in [6, 6.07) is 13.4. The van der Waals surface area contributed by atoms with E-state index in [1.54, 1.807) is 48.5 Å². The van der Waals surface area contributed by atoms with Crippen LogP contribution in [-0.2, 0) is 16.0 Å². The lowest BCUT2D eigenvalue weighted by Crippen LogP contribution is -2.33. The summed E-state index contributed by atoms with van der Waals surface area (Å²) in [5.41, 5.74) is 0.754. The van der Waals surface area contributed by atoms with Crippen LogP contribution >= 0.6 is 0 Å². The van der Waals surface area contributed by atoms with Gasteiger partial charge < -0.3 is 4.74 Å². The van der Waals surface area contributed by atoms with Crippen LogP contribution in [0.1, 0.15) is 26.4 Å². The molecule has 2 amide bonds. The Kier molecular flexibility index (Phi) is 4.44. The number of nitrogens with zero attached hydrogens (tertiary/aromatic N) is 2. The number of benzene rings is 2. The number of hydrogen-bond donors (Lipinski definition) is 1. The van der Waals surface area contributed by atoms with Crippen molar-refractivity contribution >= 4 is 28.6 Å². The zero-order valence-electron chi connectivity index (χ0n) is 14.7. The summed E-state index contributed by atoms with van der Waals surface area (Å²) in [6.07, 6.45) is -0.139. The Morgan fingerprint density at radius 2 is 1.54 bits per heavy atom. The lowest BCUT2D eigenvalue weighted by atomic mass is 10.1. The molecule has 3 aromatic rings. The molecule has 1 aromatic heterocycles. The van der Waals surface area contributed by atoms with Gasteiger partial charge in [-0.15, -0.1) is 0 Å². The molecule has 2 aromatic carbocycles. The van der Waals surface area contributed by atoms with Gasteiger partial charge in [-0.1, -0.05) is 30.3 Å². The lowest BCUT2D eigenvalue weighted by Gasteiger charge is -2.13. The van der Waals surface area contributed by atoms with Crippen LogP contribution in [0.15, 0.2) is 53.3 Å². The predicted molar refractivity (Wildman–Crippen MR) is 98.8 cm³/mol. The number of fused-ring (bicyclic) bond motifs is 2. The van der Waals surface area contributed by atoms with Crippen molar-refractivity contribution in [3.63, 3.8) is 0 Å². The van der Waals surface area contributed by atoms with Crippen LogP contribution in [0.2, 0.25) is 0 Å². The summed E-state index contributed by atoms with van der Waals surface area (Å²) in [6.45, 7) is -0.149. The van der Waals surface area contributed by atoms with E-state index in [1.165, 1.54) is 0 Å². The molecular weight excluding hydrogens is 362 g/mol. The highest BCUT2D eigenvalue weighted by Crippen LogP contribution is 2.22. The summed E-state index contributed by atoms with van der Waals surface area (Å²) in [5, 5.41) is 7.30. The number of esters is 1. The first-order valence-corrected chi connectivity index (χ1v) is 8.63. The van der Waals surface area contributed by atoms with Crippen molar-refractivity contribution < 1.29 is 19.1 Å². The van der Waals surface area contributed by atoms with E-state index in [0.29, 0.717) is 27.6 Å². The third-order valence-corrected chi connectivity index (χ3v) is 4.54. The Bertz CT molecular complexity index is 1130. The Balaban J connectivity index is 1.39. The normalized spacial score (nSPS) is 13.1. The van der Waals surface area contributed by atoms with Crippen molar-refractivity contribution in [3.05, 3.63) is 75.7 Å². The minimum Gasteiger partial charge on any atom is -0.463 e. The van der Waals surface area contributed by atoms with Gasteiger partial charge in [-0.2, -0.15) is 5.10 Å². The van der Waals surface area contributed by atoms with Crippen LogP contribution in [0.25, 0.3) is 10.8 Å². The third-order valence-electron chi connectivity index (χ3n) is 4.54. The van der Waals surface area contributed by atoms with Gasteiger partial charge in [0.1, 0.15) is 6.61 Å². The van der Waals surface area contributed by atoms with Gasteiger partial charge in [0, 0.05) is 5.39 Å². The van der Waals surface area contributed by atoms with E-state index in [0.717, 1.165) is 4.90 Å². The van der Waals surface area contributed by atoms with E-state index >= 15 is 0 Å². The SMILES string of the molecule is O=C(Cc1n[nH]c(=O)c2ccccc12)OCCN1C(=O)c2ccccc2C1=O. The molecule has 28 heavy (non-hydrogen) atoms. The number of carbonyl (C=O) groups excluding carboxylic acids is 3. The summed E-state index contributed by atoms with van der Waals surface area (Å²) in [7, 11) is 0. The van der Waals surface area contributed by atoms with Gasteiger partial charge in [-0.3, -0.25) is 24.1 Å². The van der Waals surface area contributed by atoms with Crippen molar-refractivity contribution in [1.29, 1.82) is 0 Å². The molecule has 0 bridgehead atoms. The fraction of sp³-hybridized carbons (Fsp3) is 0.150. The number of amides is 2. The number of imide groups is 1. The smallest absolute Gasteiger partial charge is 0.312 e. The monoisotopic (exact) mass is 377 g/mol. The predicted octanol–water partition coefficient (Wildman–Crippen LogP) is 1.30. The molecule has 1 N–H and O–H groups in total. The largest absolute Gasteiger partial charge is 0.463 e. The lowest BCUT2D eigenvalue weighted by molar-refractivity contribution is -0.143. The fourth-order valence-corrected chi connectivity index (χ4v) is 3.19. The molecule has 0 saturated carbocycles. The number of aromatic nitrogens is 2. The number of hydrogen-bond acceptors (Lipinski definition) is 6. The standard InChI is InChI=1S/C20H15N3O5/c24-17(11-16-12-5-1-2-6-13(12)18(25)22-21-16)28-10-9-23-19(26)14-7-3-4-8-15(14)20(23)27/h1-8H,9-11H2,(H,22,25). The summed E-state index contributed by atoms with van der Waals surface area (Å²) < 4.78 is 5.17. The Morgan fingerprint density at radius 1 is 0.929 bits per heavy atom. The zero-order valence-corrected chi connectivity index (χ0v) is 14.7.